The number of carbonyl (C=O) groups excluding carboxylic acids is 3. The highest BCUT2D eigenvalue weighted by Crippen LogP contribution is 2.41. The minimum Gasteiger partial charge on any atom is -0.455 e. The molecule has 2 bridgehead atoms. The fourth-order valence-electron chi connectivity index (χ4n) is 5.80. The van der Waals surface area contributed by atoms with Gasteiger partial charge in [0.2, 0.25) is 0 Å². The Balaban J connectivity index is 1.40. The van der Waals surface area contributed by atoms with Gasteiger partial charge in [-0.2, -0.15) is 5.26 Å². The zero-order chi connectivity index (χ0) is 22.1. The zero-order valence-corrected chi connectivity index (χ0v) is 18.4. The van der Waals surface area contributed by atoms with E-state index in [1.165, 1.54) is 0 Å². The van der Waals surface area contributed by atoms with E-state index in [9.17, 15) is 19.6 Å². The molecule has 3 saturated carbocycles. The summed E-state index contributed by atoms with van der Waals surface area (Å²) in [6, 6.07) is 2.50. The second kappa shape index (κ2) is 8.86. The number of nitrogens with zero attached hydrogens (tertiary/aromatic N) is 2. The summed E-state index contributed by atoms with van der Waals surface area (Å²) in [5.74, 6) is -0.372. The molecular weight excluding hydrogens is 394 g/mol. The van der Waals surface area contributed by atoms with Crippen LogP contribution in [0.25, 0.3) is 0 Å². The van der Waals surface area contributed by atoms with Crippen molar-refractivity contribution in [3.05, 3.63) is 16.8 Å². The first kappa shape index (κ1) is 21.6. The normalized spacial score (nSPS) is 25.8. The molecule has 3 aliphatic rings. The number of ketones is 1. The third-order valence-electron chi connectivity index (χ3n) is 7.54. The number of aromatic nitrogens is 1. The van der Waals surface area contributed by atoms with Gasteiger partial charge in [0.05, 0.1) is 11.5 Å². The van der Waals surface area contributed by atoms with Crippen molar-refractivity contribution in [3.8, 4) is 6.07 Å². The van der Waals surface area contributed by atoms with Gasteiger partial charge < -0.3 is 14.6 Å². The van der Waals surface area contributed by atoms with Gasteiger partial charge in [0.25, 0.3) is 5.91 Å². The molecule has 1 N–H and O–H groups in total. The van der Waals surface area contributed by atoms with Crippen molar-refractivity contribution in [2.24, 2.45) is 17.8 Å². The van der Waals surface area contributed by atoms with Crippen LogP contribution >= 0.6 is 0 Å². The number of Topliss-reactive ketones (excluding diaryl/α,β-unsaturated/α-hetero) is 1. The Hall–Kier alpha value is -2.62. The molecule has 1 amide bonds. The molecule has 0 radical (unpaired) electrons. The zero-order valence-electron chi connectivity index (χ0n) is 18.4. The second-order valence-electron chi connectivity index (χ2n) is 9.41. The summed E-state index contributed by atoms with van der Waals surface area (Å²) in [7, 11) is 0. The molecule has 1 heterocycles. The Morgan fingerprint density at radius 1 is 1.10 bits per heavy atom. The average molecular weight is 426 g/mol. The number of nitrogens with one attached hydrogen (secondary N) is 1. The number of rotatable bonds is 5. The summed E-state index contributed by atoms with van der Waals surface area (Å²) >= 11 is 0. The van der Waals surface area contributed by atoms with Crippen LogP contribution in [0.5, 0.6) is 0 Å². The smallest absolute Gasteiger partial charge is 0.309 e. The van der Waals surface area contributed by atoms with Gasteiger partial charge in [-0.3, -0.25) is 14.4 Å². The van der Waals surface area contributed by atoms with E-state index in [0.717, 1.165) is 56.2 Å². The number of hydrogen-bond acceptors (Lipinski definition) is 5. The van der Waals surface area contributed by atoms with Crippen LogP contribution in [-0.2, 0) is 19.1 Å². The van der Waals surface area contributed by atoms with E-state index in [0.29, 0.717) is 30.0 Å². The highest BCUT2D eigenvalue weighted by atomic mass is 16.5. The molecule has 0 aromatic carbocycles. The lowest BCUT2D eigenvalue weighted by Gasteiger charge is -2.36. The van der Waals surface area contributed by atoms with E-state index >= 15 is 0 Å². The van der Waals surface area contributed by atoms with E-state index in [4.69, 9.17) is 4.74 Å². The van der Waals surface area contributed by atoms with Crippen LogP contribution in [0.4, 0.5) is 5.82 Å². The van der Waals surface area contributed by atoms with Crippen molar-refractivity contribution in [1.29, 1.82) is 5.26 Å². The minimum absolute atomic E-state index is 0.0299. The highest BCUT2D eigenvalue weighted by Gasteiger charge is 2.42. The van der Waals surface area contributed by atoms with Gasteiger partial charge in [-0.1, -0.05) is 19.3 Å². The molecule has 7 nitrogen and oxygen atoms in total. The van der Waals surface area contributed by atoms with Crippen LogP contribution in [-0.4, -0.2) is 28.8 Å². The van der Waals surface area contributed by atoms with Gasteiger partial charge in [-0.05, 0) is 57.9 Å². The largest absolute Gasteiger partial charge is 0.455 e. The van der Waals surface area contributed by atoms with Crippen molar-refractivity contribution in [1.82, 2.24) is 4.57 Å². The molecule has 31 heavy (non-hydrogen) atoms. The highest BCUT2D eigenvalue weighted by molar-refractivity contribution is 5.94. The molecule has 0 aliphatic heterocycles. The van der Waals surface area contributed by atoms with Crippen molar-refractivity contribution in [2.75, 3.05) is 11.9 Å². The predicted octanol–water partition coefficient (Wildman–Crippen LogP) is 3.97. The van der Waals surface area contributed by atoms with Gasteiger partial charge in [0, 0.05) is 23.6 Å². The number of carbonyl (C=O) groups is 3. The van der Waals surface area contributed by atoms with Crippen molar-refractivity contribution in [3.63, 3.8) is 0 Å². The van der Waals surface area contributed by atoms with E-state index in [1.54, 1.807) is 0 Å². The van der Waals surface area contributed by atoms with E-state index in [2.05, 4.69) is 16.0 Å². The maximum Gasteiger partial charge on any atom is 0.309 e. The van der Waals surface area contributed by atoms with Crippen LogP contribution in [0, 0.1) is 42.9 Å². The lowest BCUT2D eigenvalue weighted by Crippen LogP contribution is -2.40. The number of esters is 1. The number of nitriles is 1. The monoisotopic (exact) mass is 425 g/mol. The maximum absolute atomic E-state index is 12.6. The summed E-state index contributed by atoms with van der Waals surface area (Å²) in [4.78, 5) is 37.4. The Kier molecular flexibility index (Phi) is 6.17. The molecule has 2 atom stereocenters. The Morgan fingerprint density at radius 2 is 1.74 bits per heavy atom. The fourth-order valence-corrected chi connectivity index (χ4v) is 5.80. The summed E-state index contributed by atoms with van der Waals surface area (Å²) in [6.45, 7) is 3.50. The standard InChI is InChI=1S/C24H31N3O4/c1-14-15(2)27(19-8-3-4-9-19)23(20(14)12-25)26-21(28)13-31-24(30)18-10-16-6-5-7-17(11-18)22(16)29/h16-19H,3-11,13H2,1-2H3,(H,26,28). The Morgan fingerprint density at radius 3 is 2.35 bits per heavy atom. The third kappa shape index (κ3) is 4.13. The molecule has 0 spiro atoms. The molecule has 4 rings (SSSR count). The number of anilines is 1. The van der Waals surface area contributed by atoms with Crippen LogP contribution < -0.4 is 5.32 Å². The molecule has 2 unspecified atom stereocenters. The number of fused-ring (bicyclic) bond motifs is 2. The predicted molar refractivity (Wildman–Crippen MR) is 114 cm³/mol. The molecule has 0 saturated heterocycles. The minimum atomic E-state index is -0.436. The molecule has 1 aromatic rings. The van der Waals surface area contributed by atoms with Crippen LogP contribution in [0.3, 0.4) is 0 Å². The first-order chi connectivity index (χ1) is 14.9. The Labute approximate surface area is 183 Å². The topological polar surface area (TPSA) is 101 Å². The Bertz CT molecular complexity index is 920. The fraction of sp³-hybridized carbons (Fsp3) is 0.667. The summed E-state index contributed by atoms with van der Waals surface area (Å²) < 4.78 is 7.42. The van der Waals surface area contributed by atoms with Gasteiger partial charge in [0.1, 0.15) is 17.7 Å². The lowest BCUT2D eigenvalue weighted by molar-refractivity contribution is -0.155. The van der Waals surface area contributed by atoms with E-state index in [-0.39, 0.29) is 30.4 Å². The van der Waals surface area contributed by atoms with E-state index < -0.39 is 11.9 Å². The maximum atomic E-state index is 12.6. The van der Waals surface area contributed by atoms with Crippen molar-refractivity contribution in [2.45, 2.75) is 77.7 Å². The average Bonchev–Trinajstić information content (AvgIpc) is 3.33. The van der Waals surface area contributed by atoms with E-state index in [1.807, 2.05) is 13.8 Å². The van der Waals surface area contributed by atoms with Gasteiger partial charge in [-0.15, -0.1) is 0 Å². The molecular formula is C24H31N3O4. The third-order valence-corrected chi connectivity index (χ3v) is 7.54. The van der Waals surface area contributed by atoms with Gasteiger partial charge >= 0.3 is 5.97 Å². The summed E-state index contributed by atoms with van der Waals surface area (Å²) in [5.41, 5.74) is 2.34. The molecule has 7 heteroatoms. The second-order valence-corrected chi connectivity index (χ2v) is 9.41. The quantitative estimate of drug-likeness (QED) is 0.719. The van der Waals surface area contributed by atoms with Crippen LogP contribution in [0.15, 0.2) is 0 Å². The van der Waals surface area contributed by atoms with Gasteiger partial charge in [0.15, 0.2) is 6.61 Å². The molecule has 166 valence electrons. The SMILES string of the molecule is Cc1c(C#N)c(NC(=O)COC(=O)C2CC3CCCC(C2)C3=O)n(C2CCCC2)c1C. The van der Waals surface area contributed by atoms with Crippen LogP contribution in [0.1, 0.15) is 80.7 Å². The van der Waals surface area contributed by atoms with Crippen molar-refractivity contribution >= 4 is 23.5 Å². The summed E-state index contributed by atoms with van der Waals surface area (Å²) in [5, 5.41) is 12.5. The van der Waals surface area contributed by atoms with Gasteiger partial charge in [-0.25, -0.2) is 0 Å². The number of hydrogen-bond donors (Lipinski definition) is 1. The lowest BCUT2D eigenvalue weighted by atomic mass is 9.67. The molecule has 3 aliphatic carbocycles. The van der Waals surface area contributed by atoms with Crippen molar-refractivity contribution < 1.29 is 19.1 Å². The summed E-state index contributed by atoms with van der Waals surface area (Å²) in [6.07, 6.45) is 8.17. The van der Waals surface area contributed by atoms with Crippen LogP contribution in [0.2, 0.25) is 0 Å². The first-order valence-electron chi connectivity index (χ1n) is 11.5. The molecule has 1 aromatic heterocycles. The molecule has 3 fully saturated rings. The first-order valence-corrected chi connectivity index (χ1v) is 11.5. The number of ether oxygens (including phenoxy) is 1. The number of amides is 1.